The van der Waals surface area contributed by atoms with Crippen LogP contribution in [0.1, 0.15) is 16.8 Å². The molecule has 1 heterocycles. The average Bonchev–Trinajstić information content (AvgIpc) is 2.41. The van der Waals surface area contributed by atoms with E-state index in [-0.39, 0.29) is 18.5 Å². The van der Waals surface area contributed by atoms with E-state index in [4.69, 9.17) is 21.4 Å². The van der Waals surface area contributed by atoms with E-state index in [0.717, 1.165) is 12.3 Å². The molecular formula is C11H12ClN3O6. The first-order valence-electron chi connectivity index (χ1n) is 5.68. The van der Waals surface area contributed by atoms with Crippen LogP contribution >= 0.6 is 11.6 Å². The van der Waals surface area contributed by atoms with Gasteiger partial charge in [0.1, 0.15) is 5.56 Å². The van der Waals surface area contributed by atoms with E-state index in [9.17, 15) is 19.7 Å². The Morgan fingerprint density at radius 3 is 2.81 bits per heavy atom. The van der Waals surface area contributed by atoms with Gasteiger partial charge in [0.25, 0.3) is 5.91 Å². The number of aliphatic carboxylic acids is 1. The van der Waals surface area contributed by atoms with Gasteiger partial charge in [-0.3, -0.25) is 19.7 Å². The first-order chi connectivity index (χ1) is 9.86. The fourth-order valence-corrected chi connectivity index (χ4v) is 1.75. The van der Waals surface area contributed by atoms with Gasteiger partial charge in [-0.05, 0) is 6.07 Å². The van der Waals surface area contributed by atoms with Crippen molar-refractivity contribution in [1.29, 1.82) is 0 Å². The van der Waals surface area contributed by atoms with Crippen LogP contribution in [-0.4, -0.2) is 46.6 Å². The lowest BCUT2D eigenvalue weighted by atomic mass is 10.2. The van der Waals surface area contributed by atoms with Crippen LogP contribution in [-0.2, 0) is 9.53 Å². The molecule has 0 aliphatic rings. The number of amides is 1. The molecule has 2 N–H and O–H groups in total. The Balaban J connectivity index is 2.83. The smallest absolute Gasteiger partial charge is 0.319 e. The molecule has 1 aromatic rings. The number of pyridine rings is 1. The van der Waals surface area contributed by atoms with Gasteiger partial charge < -0.3 is 15.2 Å². The number of hydrogen-bond acceptors (Lipinski definition) is 6. The van der Waals surface area contributed by atoms with E-state index in [1.807, 2.05) is 0 Å². The second kappa shape index (κ2) is 7.50. The molecule has 9 nitrogen and oxygen atoms in total. The third-order valence-corrected chi connectivity index (χ3v) is 2.81. The topological polar surface area (TPSA) is 132 Å². The zero-order valence-corrected chi connectivity index (χ0v) is 11.7. The van der Waals surface area contributed by atoms with Crippen LogP contribution < -0.4 is 5.32 Å². The van der Waals surface area contributed by atoms with Crippen molar-refractivity contribution in [2.24, 2.45) is 0 Å². The standard InChI is InChI=1S/C11H12ClN3O6/c1-21-6(4-8(16)17)5-14-11(18)7-2-3-13-10(12)9(7)15(19)20/h2-3,6H,4-5H2,1H3,(H,14,18)(H,16,17). The number of nitrogens with zero attached hydrogens (tertiary/aromatic N) is 2. The molecule has 0 saturated heterocycles. The Morgan fingerprint density at radius 2 is 2.29 bits per heavy atom. The van der Waals surface area contributed by atoms with E-state index in [1.165, 1.54) is 7.11 Å². The molecule has 0 radical (unpaired) electrons. The fraction of sp³-hybridized carbons (Fsp3) is 0.364. The number of carboxylic acids is 1. The summed E-state index contributed by atoms with van der Waals surface area (Å²) in [6.45, 7) is -0.112. The maximum Gasteiger partial charge on any atom is 0.319 e. The number of methoxy groups -OCH3 is 1. The SMILES string of the molecule is COC(CNC(=O)c1ccnc(Cl)c1[N+](=O)[O-])CC(=O)O. The number of rotatable bonds is 7. The maximum absolute atomic E-state index is 11.9. The van der Waals surface area contributed by atoms with Crippen LogP contribution in [0.5, 0.6) is 0 Å². The molecule has 1 rings (SSSR count). The molecule has 0 aliphatic carbocycles. The zero-order chi connectivity index (χ0) is 16.0. The molecule has 0 fully saturated rings. The van der Waals surface area contributed by atoms with Gasteiger partial charge in [-0.1, -0.05) is 11.6 Å². The highest BCUT2D eigenvalue weighted by Crippen LogP contribution is 2.25. The van der Waals surface area contributed by atoms with Gasteiger partial charge in [0, 0.05) is 19.9 Å². The summed E-state index contributed by atoms with van der Waals surface area (Å²) in [7, 11) is 1.30. The highest BCUT2D eigenvalue weighted by Gasteiger charge is 2.25. The molecule has 0 saturated carbocycles. The predicted octanol–water partition coefficient (Wildman–Crippen LogP) is 0.863. The third-order valence-electron chi connectivity index (χ3n) is 2.53. The number of carbonyl (C=O) groups is 2. The van der Waals surface area contributed by atoms with Gasteiger partial charge in [0.2, 0.25) is 5.15 Å². The zero-order valence-electron chi connectivity index (χ0n) is 10.9. The summed E-state index contributed by atoms with van der Waals surface area (Å²) in [6, 6.07) is 1.15. The van der Waals surface area contributed by atoms with Crippen molar-refractivity contribution in [3.63, 3.8) is 0 Å². The van der Waals surface area contributed by atoms with Gasteiger partial charge >= 0.3 is 11.7 Å². The van der Waals surface area contributed by atoms with E-state index in [1.54, 1.807) is 0 Å². The second-order valence-electron chi connectivity index (χ2n) is 3.92. The van der Waals surface area contributed by atoms with E-state index in [2.05, 4.69) is 10.3 Å². The lowest BCUT2D eigenvalue weighted by Crippen LogP contribution is -2.34. The summed E-state index contributed by atoms with van der Waals surface area (Å²) >= 11 is 5.59. The summed E-state index contributed by atoms with van der Waals surface area (Å²) in [5, 5.41) is 21.5. The van der Waals surface area contributed by atoms with Crippen LogP contribution in [0.2, 0.25) is 5.15 Å². The minimum absolute atomic E-state index is 0.112. The molecule has 114 valence electrons. The number of ether oxygens (including phenoxy) is 1. The van der Waals surface area contributed by atoms with Gasteiger partial charge in [-0.2, -0.15) is 0 Å². The van der Waals surface area contributed by atoms with Crippen LogP contribution in [0.4, 0.5) is 5.69 Å². The summed E-state index contributed by atoms with van der Waals surface area (Å²) in [6.07, 6.45) is 0.105. The highest BCUT2D eigenvalue weighted by atomic mass is 35.5. The first-order valence-corrected chi connectivity index (χ1v) is 6.06. The largest absolute Gasteiger partial charge is 0.481 e. The number of halogens is 1. The minimum atomic E-state index is -1.09. The Hall–Kier alpha value is -2.26. The van der Waals surface area contributed by atoms with Crippen molar-refractivity contribution in [3.8, 4) is 0 Å². The van der Waals surface area contributed by atoms with Crippen molar-refractivity contribution in [3.05, 3.63) is 33.1 Å². The van der Waals surface area contributed by atoms with Crippen molar-refractivity contribution < 1.29 is 24.4 Å². The van der Waals surface area contributed by atoms with Crippen LogP contribution in [0, 0.1) is 10.1 Å². The summed E-state index contributed by atoms with van der Waals surface area (Å²) in [5.74, 6) is -1.85. The highest BCUT2D eigenvalue weighted by molar-refractivity contribution is 6.32. The number of aromatic nitrogens is 1. The number of nitro groups is 1. The number of carbonyl (C=O) groups excluding carboxylic acids is 1. The monoisotopic (exact) mass is 317 g/mol. The van der Waals surface area contributed by atoms with Crippen molar-refractivity contribution in [1.82, 2.24) is 10.3 Å². The number of carboxylic acid groups (broad SMARTS) is 1. The molecular weight excluding hydrogens is 306 g/mol. The van der Waals surface area contributed by atoms with Crippen molar-refractivity contribution in [2.75, 3.05) is 13.7 Å². The van der Waals surface area contributed by atoms with Crippen LogP contribution in [0.15, 0.2) is 12.3 Å². The second-order valence-corrected chi connectivity index (χ2v) is 4.28. The molecule has 0 aliphatic heterocycles. The molecule has 1 atom stereocenters. The predicted molar refractivity (Wildman–Crippen MR) is 71.3 cm³/mol. The van der Waals surface area contributed by atoms with Crippen LogP contribution in [0.3, 0.4) is 0 Å². The summed E-state index contributed by atoms with van der Waals surface area (Å²) in [4.78, 5) is 36.1. The molecule has 0 spiro atoms. The number of nitrogens with one attached hydrogen (secondary N) is 1. The average molecular weight is 318 g/mol. The molecule has 1 amide bonds. The van der Waals surface area contributed by atoms with Crippen LogP contribution in [0.25, 0.3) is 0 Å². The van der Waals surface area contributed by atoms with E-state index in [0.29, 0.717) is 0 Å². The van der Waals surface area contributed by atoms with Crippen molar-refractivity contribution >= 4 is 29.2 Å². The number of hydrogen-bond donors (Lipinski definition) is 2. The van der Waals surface area contributed by atoms with Gasteiger partial charge in [0.05, 0.1) is 17.4 Å². The Morgan fingerprint density at radius 1 is 1.62 bits per heavy atom. The normalized spacial score (nSPS) is 11.7. The molecule has 0 aromatic carbocycles. The molecule has 21 heavy (non-hydrogen) atoms. The lowest BCUT2D eigenvalue weighted by molar-refractivity contribution is -0.385. The quantitative estimate of drug-likeness (QED) is 0.433. The van der Waals surface area contributed by atoms with E-state index < -0.39 is 33.7 Å². The Bertz CT molecular complexity index is 565. The Labute approximate surface area is 124 Å². The van der Waals surface area contributed by atoms with Gasteiger partial charge in [0.15, 0.2) is 0 Å². The Kier molecular flexibility index (Phi) is 6.00. The summed E-state index contributed by atoms with van der Waals surface area (Å²) < 4.78 is 4.88. The fourth-order valence-electron chi connectivity index (χ4n) is 1.52. The summed E-state index contributed by atoms with van der Waals surface area (Å²) in [5.41, 5.74) is -0.867. The third kappa shape index (κ3) is 4.65. The maximum atomic E-state index is 11.9. The van der Waals surface area contributed by atoms with Crippen molar-refractivity contribution in [2.45, 2.75) is 12.5 Å². The van der Waals surface area contributed by atoms with E-state index >= 15 is 0 Å². The molecule has 10 heteroatoms. The molecule has 1 unspecified atom stereocenters. The minimum Gasteiger partial charge on any atom is -0.481 e. The molecule has 0 bridgehead atoms. The van der Waals surface area contributed by atoms with Gasteiger partial charge in [-0.25, -0.2) is 4.98 Å². The first kappa shape index (κ1) is 16.8. The lowest BCUT2D eigenvalue weighted by Gasteiger charge is -2.14. The molecule has 1 aromatic heterocycles. The van der Waals surface area contributed by atoms with Gasteiger partial charge in [-0.15, -0.1) is 0 Å².